The van der Waals surface area contributed by atoms with Crippen molar-refractivity contribution in [3.8, 4) is 22.3 Å². The molecule has 0 fully saturated rings. The third-order valence-electron chi connectivity index (χ3n) is 8.11. The van der Waals surface area contributed by atoms with E-state index in [9.17, 15) is 0 Å². The molecule has 36 heavy (non-hydrogen) atoms. The summed E-state index contributed by atoms with van der Waals surface area (Å²) in [4.78, 5) is 5.52. The van der Waals surface area contributed by atoms with Gasteiger partial charge in [0.1, 0.15) is 0 Å². The van der Waals surface area contributed by atoms with Crippen molar-refractivity contribution in [2.45, 2.75) is 45.6 Å². The van der Waals surface area contributed by atoms with Crippen LogP contribution in [-0.2, 0) is 12.8 Å². The zero-order chi connectivity index (χ0) is 24.5. The average molecular weight is 471 g/mol. The molecule has 0 radical (unpaired) electrons. The van der Waals surface area contributed by atoms with Gasteiger partial charge in [-0.3, -0.25) is 4.99 Å². The molecule has 0 aliphatic carbocycles. The van der Waals surface area contributed by atoms with Crippen LogP contribution < -0.4 is 5.32 Å². The molecule has 2 heteroatoms. The third kappa shape index (κ3) is 4.26. The van der Waals surface area contributed by atoms with Crippen molar-refractivity contribution in [3.63, 3.8) is 0 Å². The van der Waals surface area contributed by atoms with Crippen LogP contribution in [0.4, 0.5) is 11.4 Å². The number of nitrogens with zero attached hydrogens (tertiary/aromatic N) is 1. The van der Waals surface area contributed by atoms with Gasteiger partial charge < -0.3 is 5.32 Å². The molecule has 0 amide bonds. The predicted molar refractivity (Wildman–Crippen MR) is 153 cm³/mol. The highest BCUT2D eigenvalue weighted by atomic mass is 15.0. The fourth-order valence-corrected chi connectivity index (χ4v) is 6.00. The number of fused-ring (bicyclic) bond motifs is 2. The second-order valence-electron chi connectivity index (χ2n) is 10.5. The van der Waals surface area contributed by atoms with Crippen LogP contribution in [0.15, 0.2) is 102 Å². The minimum atomic E-state index is 0.224. The molecule has 0 bridgehead atoms. The summed E-state index contributed by atoms with van der Waals surface area (Å²) in [6.45, 7) is 4.77. The van der Waals surface area contributed by atoms with E-state index in [-0.39, 0.29) is 6.04 Å². The van der Waals surface area contributed by atoms with Crippen LogP contribution in [-0.4, -0.2) is 11.8 Å². The molecule has 0 saturated heterocycles. The van der Waals surface area contributed by atoms with E-state index in [4.69, 9.17) is 4.99 Å². The van der Waals surface area contributed by atoms with Gasteiger partial charge in [0, 0.05) is 17.0 Å². The van der Waals surface area contributed by atoms with Crippen molar-refractivity contribution in [2.75, 3.05) is 5.32 Å². The molecule has 6 rings (SSSR count). The van der Waals surface area contributed by atoms with Gasteiger partial charge in [-0.1, -0.05) is 105 Å². The van der Waals surface area contributed by atoms with Gasteiger partial charge in [0.05, 0.1) is 11.7 Å². The highest BCUT2D eigenvalue weighted by molar-refractivity contribution is 5.98. The van der Waals surface area contributed by atoms with Crippen molar-refractivity contribution in [2.24, 2.45) is 16.8 Å². The van der Waals surface area contributed by atoms with Gasteiger partial charge in [-0.05, 0) is 71.4 Å². The maximum absolute atomic E-state index is 5.52. The zero-order valence-corrected chi connectivity index (χ0v) is 21.2. The summed E-state index contributed by atoms with van der Waals surface area (Å²) < 4.78 is 0. The Labute approximate surface area is 215 Å². The predicted octanol–water partition coefficient (Wildman–Crippen LogP) is 8.74. The lowest BCUT2D eigenvalue weighted by Crippen LogP contribution is -2.38. The number of rotatable bonds is 3. The first-order valence-corrected chi connectivity index (χ1v) is 13.4. The van der Waals surface area contributed by atoms with Crippen molar-refractivity contribution in [1.29, 1.82) is 0 Å². The fraction of sp³-hybridized carbons (Fsp3) is 0.265. The average Bonchev–Trinajstić information content (AvgIpc) is 3.20. The van der Waals surface area contributed by atoms with E-state index < -0.39 is 0 Å². The van der Waals surface area contributed by atoms with Crippen molar-refractivity contribution in [1.82, 2.24) is 0 Å². The molecule has 0 saturated carbocycles. The van der Waals surface area contributed by atoms with E-state index in [1.807, 2.05) is 0 Å². The van der Waals surface area contributed by atoms with Crippen molar-refractivity contribution in [3.05, 3.63) is 108 Å². The lowest BCUT2D eigenvalue weighted by Gasteiger charge is -2.28. The van der Waals surface area contributed by atoms with Crippen LogP contribution in [0.5, 0.6) is 0 Å². The number of nitrogens with one attached hydrogen (secondary N) is 1. The normalized spacial score (nSPS) is 21.3. The van der Waals surface area contributed by atoms with Gasteiger partial charge >= 0.3 is 0 Å². The van der Waals surface area contributed by atoms with Crippen LogP contribution in [0.3, 0.4) is 0 Å². The van der Waals surface area contributed by atoms with E-state index in [1.54, 1.807) is 0 Å². The van der Waals surface area contributed by atoms with Gasteiger partial charge in [0.2, 0.25) is 0 Å². The zero-order valence-electron chi connectivity index (χ0n) is 21.2. The Balaban J connectivity index is 1.44. The lowest BCUT2D eigenvalue weighted by atomic mass is 9.86. The summed E-state index contributed by atoms with van der Waals surface area (Å²) >= 11 is 0. The molecule has 2 aliphatic rings. The van der Waals surface area contributed by atoms with Crippen molar-refractivity contribution >= 4 is 17.1 Å². The van der Waals surface area contributed by atoms with Crippen LogP contribution in [0.2, 0.25) is 0 Å². The minimum absolute atomic E-state index is 0.224. The molecule has 4 aromatic carbocycles. The van der Waals surface area contributed by atoms with Crippen LogP contribution >= 0.6 is 0 Å². The Morgan fingerprint density at radius 1 is 0.667 bits per heavy atom. The number of hydrogen-bond acceptors (Lipinski definition) is 2. The minimum Gasteiger partial charge on any atom is -0.376 e. The summed E-state index contributed by atoms with van der Waals surface area (Å²) in [6, 6.07) is 35.2. The molecule has 2 nitrogen and oxygen atoms in total. The molecule has 3 atom stereocenters. The first-order valence-electron chi connectivity index (χ1n) is 13.4. The van der Waals surface area contributed by atoms with E-state index >= 15 is 0 Å². The first-order chi connectivity index (χ1) is 17.7. The third-order valence-corrected chi connectivity index (χ3v) is 8.11. The van der Waals surface area contributed by atoms with Gasteiger partial charge in [0.25, 0.3) is 0 Å². The molecular formula is C34H34N2. The highest BCUT2D eigenvalue weighted by Gasteiger charge is 2.32. The van der Waals surface area contributed by atoms with Crippen LogP contribution in [0, 0.1) is 11.8 Å². The SMILES string of the molecule is CC1CCc2c(cccc2-c2ccccc2)NC1C1=Nc2c(cccc2-c2ccccc2)CC[C@H]1C. The second kappa shape index (κ2) is 9.78. The number of aryl methyl sites for hydroxylation is 1. The Morgan fingerprint density at radius 2 is 1.33 bits per heavy atom. The van der Waals surface area contributed by atoms with E-state index in [0.29, 0.717) is 11.8 Å². The van der Waals surface area contributed by atoms with E-state index in [2.05, 4.69) is 116 Å². The van der Waals surface area contributed by atoms with Gasteiger partial charge in [-0.15, -0.1) is 0 Å². The van der Waals surface area contributed by atoms with E-state index in [0.717, 1.165) is 25.7 Å². The van der Waals surface area contributed by atoms with Crippen molar-refractivity contribution < 1.29 is 0 Å². The number of anilines is 1. The first kappa shape index (κ1) is 22.8. The monoisotopic (exact) mass is 470 g/mol. The number of aliphatic imine (C=N–C) groups is 1. The topological polar surface area (TPSA) is 24.4 Å². The molecule has 0 aromatic heterocycles. The Hall–Kier alpha value is -3.65. The number of benzene rings is 4. The maximum atomic E-state index is 5.52. The van der Waals surface area contributed by atoms with Crippen LogP contribution in [0.1, 0.15) is 37.8 Å². The fourth-order valence-electron chi connectivity index (χ4n) is 6.00. The molecule has 0 spiro atoms. The molecule has 1 N–H and O–H groups in total. The molecule has 2 heterocycles. The summed E-state index contributed by atoms with van der Waals surface area (Å²) in [5, 5.41) is 4.01. The van der Waals surface area contributed by atoms with Gasteiger partial charge in [0.15, 0.2) is 0 Å². The summed E-state index contributed by atoms with van der Waals surface area (Å²) in [7, 11) is 0. The molecule has 2 unspecified atom stereocenters. The highest BCUT2D eigenvalue weighted by Crippen LogP contribution is 2.40. The summed E-state index contributed by atoms with van der Waals surface area (Å²) in [5.74, 6) is 0.924. The smallest absolute Gasteiger partial charge is 0.0740 e. The Morgan fingerprint density at radius 3 is 2.08 bits per heavy atom. The Kier molecular flexibility index (Phi) is 6.19. The molecular weight excluding hydrogens is 436 g/mol. The second-order valence-corrected chi connectivity index (χ2v) is 10.5. The van der Waals surface area contributed by atoms with E-state index in [1.165, 1.54) is 50.5 Å². The largest absolute Gasteiger partial charge is 0.376 e. The Bertz CT molecular complexity index is 1390. The molecule has 2 aliphatic heterocycles. The lowest BCUT2D eigenvalue weighted by molar-refractivity contribution is 0.511. The number of para-hydroxylation sites is 1. The van der Waals surface area contributed by atoms with Gasteiger partial charge in [-0.25, -0.2) is 0 Å². The maximum Gasteiger partial charge on any atom is 0.0740 e. The molecule has 180 valence electrons. The summed E-state index contributed by atoms with van der Waals surface area (Å²) in [6.07, 6.45) is 4.43. The van der Waals surface area contributed by atoms with Gasteiger partial charge in [-0.2, -0.15) is 0 Å². The molecule has 4 aromatic rings. The quantitative estimate of drug-likeness (QED) is 0.318. The van der Waals surface area contributed by atoms with Crippen LogP contribution in [0.25, 0.3) is 22.3 Å². The summed E-state index contributed by atoms with van der Waals surface area (Å²) in [5.41, 5.74) is 11.7. The standard InChI is InChI=1S/C34H34N2/c1-23-19-21-27-15-9-17-29(26-13-7-4-8-14-26)34(27)36-33(23)32-24(2)20-22-30-28(16-10-18-31(30)35-32)25-11-5-3-6-12-25/h3-18,23-24,32,35H,19-22H2,1-2H3/t23-,24?,32?/m1/s1. The number of hydrogen-bond donors (Lipinski definition) is 1.